The summed E-state index contributed by atoms with van der Waals surface area (Å²) in [6, 6.07) is 5.93. The predicted molar refractivity (Wildman–Crippen MR) is 60.6 cm³/mol. The lowest BCUT2D eigenvalue weighted by molar-refractivity contribution is -0.142. The van der Waals surface area contributed by atoms with Crippen LogP contribution in [0.15, 0.2) is 18.2 Å². The van der Waals surface area contributed by atoms with Crippen LogP contribution in [-0.4, -0.2) is 19.2 Å². The van der Waals surface area contributed by atoms with Gasteiger partial charge in [-0.15, -0.1) is 0 Å². The number of carbonyl (C=O) groups is 1. The third-order valence-electron chi connectivity index (χ3n) is 2.63. The van der Waals surface area contributed by atoms with Crippen LogP contribution in [0.25, 0.3) is 0 Å². The lowest BCUT2D eigenvalue weighted by atomic mass is 10.0. The first kappa shape index (κ1) is 11.0. The molecule has 3 heteroatoms. The summed E-state index contributed by atoms with van der Waals surface area (Å²) in [7, 11) is 0. The highest BCUT2D eigenvalue weighted by Gasteiger charge is 2.12. The largest absolute Gasteiger partial charge is 0.493 e. The van der Waals surface area contributed by atoms with Gasteiger partial charge in [0.2, 0.25) is 0 Å². The number of rotatable bonds is 3. The van der Waals surface area contributed by atoms with E-state index in [2.05, 4.69) is 0 Å². The molecule has 1 aromatic rings. The summed E-state index contributed by atoms with van der Waals surface area (Å²) in [5.41, 5.74) is 2.20. The molecule has 0 bridgehead atoms. The standard InChI is InChI=1S/C13H16O3/c1-2-15-13(14)9-10-5-6-12-11(8-10)4-3-7-16-12/h5-6,8H,2-4,7,9H2,1H3. The van der Waals surface area contributed by atoms with Crippen molar-refractivity contribution < 1.29 is 14.3 Å². The van der Waals surface area contributed by atoms with Gasteiger partial charge in [-0.1, -0.05) is 12.1 Å². The summed E-state index contributed by atoms with van der Waals surface area (Å²) in [4.78, 5) is 11.3. The van der Waals surface area contributed by atoms with Crippen LogP contribution in [0, 0.1) is 0 Å². The molecule has 0 amide bonds. The molecule has 0 aliphatic carbocycles. The van der Waals surface area contributed by atoms with Gasteiger partial charge in [-0.25, -0.2) is 0 Å². The van der Waals surface area contributed by atoms with Gasteiger partial charge < -0.3 is 9.47 Å². The Morgan fingerprint density at radius 3 is 3.19 bits per heavy atom. The van der Waals surface area contributed by atoms with E-state index in [-0.39, 0.29) is 5.97 Å². The number of hydrogen-bond donors (Lipinski definition) is 0. The number of esters is 1. The molecular formula is C13H16O3. The topological polar surface area (TPSA) is 35.5 Å². The average Bonchev–Trinajstić information content (AvgIpc) is 2.29. The molecule has 16 heavy (non-hydrogen) atoms. The summed E-state index contributed by atoms with van der Waals surface area (Å²) in [5, 5.41) is 0. The first-order valence-electron chi connectivity index (χ1n) is 5.70. The lowest BCUT2D eigenvalue weighted by Gasteiger charge is -2.17. The molecule has 1 aromatic carbocycles. The van der Waals surface area contributed by atoms with Gasteiger partial charge in [-0.05, 0) is 37.0 Å². The molecule has 0 saturated heterocycles. The fraction of sp³-hybridized carbons (Fsp3) is 0.462. The number of carbonyl (C=O) groups excluding carboxylic acids is 1. The first-order valence-corrected chi connectivity index (χ1v) is 5.70. The van der Waals surface area contributed by atoms with Gasteiger partial charge in [-0.2, -0.15) is 0 Å². The van der Waals surface area contributed by atoms with Gasteiger partial charge in [0, 0.05) is 0 Å². The fourth-order valence-electron chi connectivity index (χ4n) is 1.90. The Morgan fingerprint density at radius 1 is 1.50 bits per heavy atom. The molecule has 1 heterocycles. The van der Waals surface area contributed by atoms with Crippen LogP contribution >= 0.6 is 0 Å². The van der Waals surface area contributed by atoms with Crippen molar-refractivity contribution in [2.24, 2.45) is 0 Å². The van der Waals surface area contributed by atoms with Crippen molar-refractivity contribution >= 4 is 5.97 Å². The molecule has 1 aliphatic rings. The quantitative estimate of drug-likeness (QED) is 0.732. The zero-order chi connectivity index (χ0) is 11.4. The molecule has 3 nitrogen and oxygen atoms in total. The molecule has 0 saturated carbocycles. The molecule has 2 rings (SSSR count). The van der Waals surface area contributed by atoms with Crippen molar-refractivity contribution in [2.75, 3.05) is 13.2 Å². The van der Waals surface area contributed by atoms with Crippen LogP contribution in [0.2, 0.25) is 0 Å². The van der Waals surface area contributed by atoms with Gasteiger partial charge in [0.1, 0.15) is 5.75 Å². The van der Waals surface area contributed by atoms with E-state index in [1.807, 2.05) is 25.1 Å². The maximum atomic E-state index is 11.3. The van der Waals surface area contributed by atoms with E-state index in [4.69, 9.17) is 9.47 Å². The third kappa shape index (κ3) is 2.54. The minimum absolute atomic E-state index is 0.167. The van der Waals surface area contributed by atoms with E-state index in [1.54, 1.807) is 0 Å². The summed E-state index contributed by atoms with van der Waals surface area (Å²) in [5.74, 6) is 0.790. The summed E-state index contributed by atoms with van der Waals surface area (Å²) in [6.45, 7) is 3.05. The Bertz CT molecular complexity index is 385. The van der Waals surface area contributed by atoms with E-state index in [9.17, 15) is 4.79 Å². The number of aryl methyl sites for hydroxylation is 1. The van der Waals surface area contributed by atoms with Crippen LogP contribution in [-0.2, 0) is 22.4 Å². The maximum absolute atomic E-state index is 11.3. The van der Waals surface area contributed by atoms with Crippen LogP contribution in [0.5, 0.6) is 5.75 Å². The van der Waals surface area contributed by atoms with E-state index in [1.165, 1.54) is 5.56 Å². The second kappa shape index (κ2) is 5.01. The van der Waals surface area contributed by atoms with Crippen molar-refractivity contribution in [3.8, 4) is 5.75 Å². The fourth-order valence-corrected chi connectivity index (χ4v) is 1.90. The smallest absolute Gasteiger partial charge is 0.310 e. The Kier molecular flexibility index (Phi) is 3.44. The van der Waals surface area contributed by atoms with Gasteiger partial charge in [0.15, 0.2) is 0 Å². The van der Waals surface area contributed by atoms with Crippen LogP contribution < -0.4 is 4.74 Å². The Labute approximate surface area is 95.4 Å². The van der Waals surface area contributed by atoms with Gasteiger partial charge in [-0.3, -0.25) is 4.79 Å². The van der Waals surface area contributed by atoms with E-state index in [0.717, 1.165) is 30.8 Å². The van der Waals surface area contributed by atoms with Gasteiger partial charge >= 0.3 is 5.97 Å². The number of fused-ring (bicyclic) bond motifs is 1. The molecule has 86 valence electrons. The molecule has 0 atom stereocenters. The number of ether oxygens (including phenoxy) is 2. The van der Waals surface area contributed by atoms with Crippen molar-refractivity contribution in [1.82, 2.24) is 0 Å². The van der Waals surface area contributed by atoms with E-state index >= 15 is 0 Å². The zero-order valence-electron chi connectivity index (χ0n) is 9.49. The van der Waals surface area contributed by atoms with Crippen molar-refractivity contribution in [1.29, 1.82) is 0 Å². The average molecular weight is 220 g/mol. The summed E-state index contributed by atoms with van der Waals surface area (Å²) < 4.78 is 10.4. The minimum Gasteiger partial charge on any atom is -0.493 e. The van der Waals surface area contributed by atoms with Crippen molar-refractivity contribution in [2.45, 2.75) is 26.2 Å². The second-order valence-electron chi connectivity index (χ2n) is 3.88. The highest BCUT2D eigenvalue weighted by Crippen LogP contribution is 2.25. The van der Waals surface area contributed by atoms with E-state index in [0.29, 0.717) is 13.0 Å². The normalized spacial score (nSPS) is 13.8. The Hall–Kier alpha value is -1.51. The lowest BCUT2D eigenvalue weighted by Crippen LogP contribution is -2.11. The highest BCUT2D eigenvalue weighted by molar-refractivity contribution is 5.72. The van der Waals surface area contributed by atoms with Crippen LogP contribution in [0.1, 0.15) is 24.5 Å². The molecule has 0 radical (unpaired) electrons. The van der Waals surface area contributed by atoms with Gasteiger partial charge in [0.05, 0.1) is 19.6 Å². The Morgan fingerprint density at radius 2 is 2.38 bits per heavy atom. The molecule has 0 aromatic heterocycles. The van der Waals surface area contributed by atoms with Crippen LogP contribution in [0.4, 0.5) is 0 Å². The number of hydrogen-bond acceptors (Lipinski definition) is 3. The molecular weight excluding hydrogens is 204 g/mol. The molecule has 0 N–H and O–H groups in total. The van der Waals surface area contributed by atoms with Gasteiger partial charge in [0.25, 0.3) is 0 Å². The summed E-state index contributed by atoms with van der Waals surface area (Å²) in [6.07, 6.45) is 2.43. The summed E-state index contributed by atoms with van der Waals surface area (Å²) >= 11 is 0. The SMILES string of the molecule is CCOC(=O)Cc1ccc2c(c1)CCCO2. The van der Waals surface area contributed by atoms with Crippen molar-refractivity contribution in [3.63, 3.8) is 0 Å². The highest BCUT2D eigenvalue weighted by atomic mass is 16.5. The van der Waals surface area contributed by atoms with E-state index < -0.39 is 0 Å². The third-order valence-corrected chi connectivity index (χ3v) is 2.63. The minimum atomic E-state index is -0.167. The van der Waals surface area contributed by atoms with Crippen LogP contribution in [0.3, 0.4) is 0 Å². The second-order valence-corrected chi connectivity index (χ2v) is 3.88. The first-order chi connectivity index (χ1) is 7.79. The zero-order valence-corrected chi connectivity index (χ0v) is 9.49. The number of benzene rings is 1. The molecule has 1 aliphatic heterocycles. The monoisotopic (exact) mass is 220 g/mol. The Balaban J connectivity index is 2.08. The molecule has 0 unspecified atom stereocenters. The van der Waals surface area contributed by atoms with Crippen molar-refractivity contribution in [3.05, 3.63) is 29.3 Å². The molecule has 0 spiro atoms. The molecule has 0 fully saturated rings. The maximum Gasteiger partial charge on any atom is 0.310 e. The predicted octanol–water partition coefficient (Wildman–Crippen LogP) is 2.12.